The van der Waals surface area contributed by atoms with Crippen LogP contribution in [0, 0.1) is 0 Å². The molecule has 8 heteroatoms. The van der Waals surface area contributed by atoms with Gasteiger partial charge in [0, 0.05) is 32.2 Å². The molecule has 0 aromatic heterocycles. The third kappa shape index (κ3) is 6.79. The molecule has 0 bridgehead atoms. The fourth-order valence-electron chi connectivity index (χ4n) is 3.14. The van der Waals surface area contributed by atoms with Crippen LogP contribution < -0.4 is 5.32 Å². The van der Waals surface area contributed by atoms with Gasteiger partial charge in [-0.15, -0.1) is 24.8 Å². The van der Waals surface area contributed by atoms with Crippen molar-refractivity contribution in [1.82, 2.24) is 10.2 Å². The monoisotopic (exact) mass is 420 g/mol. The second-order valence-electron chi connectivity index (χ2n) is 6.00. The van der Waals surface area contributed by atoms with E-state index in [1.807, 2.05) is 0 Å². The van der Waals surface area contributed by atoms with Crippen molar-refractivity contribution in [1.29, 1.82) is 0 Å². The first-order chi connectivity index (χ1) is 10.9. The lowest BCUT2D eigenvalue weighted by Crippen LogP contribution is -2.45. The number of nitrogens with zero attached hydrogens (tertiary/aromatic N) is 1. The van der Waals surface area contributed by atoms with Crippen molar-refractivity contribution in [3.05, 3.63) is 34.3 Å². The maximum Gasteiger partial charge on any atom is 0.417 e. The number of hydrogen-bond acceptors (Lipinski definition) is 2. The van der Waals surface area contributed by atoms with E-state index < -0.39 is 11.7 Å². The molecule has 1 N–H and O–H groups in total. The van der Waals surface area contributed by atoms with E-state index in [2.05, 4.69) is 17.1 Å². The van der Waals surface area contributed by atoms with Crippen molar-refractivity contribution in [2.45, 2.75) is 44.8 Å². The predicted molar refractivity (Wildman–Crippen MR) is 102 cm³/mol. The summed E-state index contributed by atoms with van der Waals surface area (Å²) in [6.45, 7) is 5.52. The molecule has 2 nitrogen and oxygen atoms in total. The lowest BCUT2D eigenvalue weighted by Gasteiger charge is -2.36. The summed E-state index contributed by atoms with van der Waals surface area (Å²) in [6, 6.07) is 4.24. The molecule has 0 amide bonds. The Morgan fingerprint density at radius 2 is 1.80 bits per heavy atom. The first-order valence-corrected chi connectivity index (χ1v) is 8.63. The molecule has 1 atom stereocenters. The number of piperazine rings is 1. The summed E-state index contributed by atoms with van der Waals surface area (Å²) in [5.41, 5.74) is -0.119. The van der Waals surface area contributed by atoms with Crippen LogP contribution in [0.25, 0.3) is 0 Å². The van der Waals surface area contributed by atoms with E-state index in [0.717, 1.165) is 57.9 Å². The van der Waals surface area contributed by atoms with Crippen LogP contribution in [0.15, 0.2) is 18.2 Å². The number of alkyl halides is 3. The molecule has 2 rings (SSSR count). The zero-order valence-electron chi connectivity index (χ0n) is 14.2. The van der Waals surface area contributed by atoms with Gasteiger partial charge in [0.25, 0.3) is 0 Å². The van der Waals surface area contributed by atoms with Gasteiger partial charge in [-0.25, -0.2) is 0 Å². The van der Waals surface area contributed by atoms with E-state index in [1.165, 1.54) is 6.07 Å². The molecular weight excluding hydrogens is 396 g/mol. The van der Waals surface area contributed by atoms with Crippen LogP contribution in [0.3, 0.4) is 0 Å². The largest absolute Gasteiger partial charge is 0.417 e. The van der Waals surface area contributed by atoms with Crippen LogP contribution in [0.5, 0.6) is 0 Å². The van der Waals surface area contributed by atoms with Crippen LogP contribution in [0.4, 0.5) is 13.2 Å². The molecule has 1 aliphatic rings. The van der Waals surface area contributed by atoms with Gasteiger partial charge in [0.2, 0.25) is 0 Å². The third-order valence-electron chi connectivity index (χ3n) is 4.37. The van der Waals surface area contributed by atoms with Crippen LogP contribution in [0.1, 0.15) is 49.8 Å². The van der Waals surface area contributed by atoms with Gasteiger partial charge < -0.3 is 5.32 Å². The molecule has 146 valence electrons. The zero-order valence-corrected chi connectivity index (χ0v) is 16.6. The summed E-state index contributed by atoms with van der Waals surface area (Å²) >= 11 is 6.16. The highest BCUT2D eigenvalue weighted by Gasteiger charge is 2.35. The number of hydrogen-bond donors (Lipinski definition) is 1. The molecule has 0 saturated carbocycles. The average molecular weight is 422 g/mol. The van der Waals surface area contributed by atoms with E-state index in [-0.39, 0.29) is 35.9 Å². The molecule has 1 saturated heterocycles. The van der Waals surface area contributed by atoms with Gasteiger partial charge in [-0.2, -0.15) is 13.2 Å². The fourth-order valence-corrected chi connectivity index (χ4v) is 3.50. The number of halogens is 6. The second-order valence-corrected chi connectivity index (χ2v) is 6.38. The van der Waals surface area contributed by atoms with Crippen LogP contribution in [-0.4, -0.2) is 31.1 Å². The van der Waals surface area contributed by atoms with E-state index >= 15 is 0 Å². The van der Waals surface area contributed by atoms with Gasteiger partial charge >= 0.3 is 6.18 Å². The summed E-state index contributed by atoms with van der Waals surface area (Å²) < 4.78 is 39.4. The van der Waals surface area contributed by atoms with Crippen LogP contribution in [0.2, 0.25) is 5.02 Å². The van der Waals surface area contributed by atoms with Crippen molar-refractivity contribution in [2.75, 3.05) is 26.2 Å². The molecule has 0 aliphatic carbocycles. The topological polar surface area (TPSA) is 15.3 Å². The van der Waals surface area contributed by atoms with E-state index in [1.54, 1.807) is 6.07 Å². The van der Waals surface area contributed by atoms with Gasteiger partial charge in [0.1, 0.15) is 0 Å². The standard InChI is InChI=1S/C17H24ClF3N2.2ClH/c1-2-3-4-8-15(23-11-9-22-10-12-23)13-6-5-7-14(16(13)18)17(19,20)21;;/h5-7,15,22H,2-4,8-12H2,1H3;2*1H/t15-;;/m0../s1. The summed E-state index contributed by atoms with van der Waals surface area (Å²) in [7, 11) is 0. The Balaban J connectivity index is 0.00000288. The van der Waals surface area contributed by atoms with Crippen LogP contribution >= 0.6 is 36.4 Å². The minimum Gasteiger partial charge on any atom is -0.314 e. The highest BCUT2D eigenvalue weighted by atomic mass is 35.5. The molecule has 25 heavy (non-hydrogen) atoms. The van der Waals surface area contributed by atoms with Crippen molar-refractivity contribution in [3.63, 3.8) is 0 Å². The number of unbranched alkanes of at least 4 members (excludes halogenated alkanes) is 2. The molecule has 1 fully saturated rings. The predicted octanol–water partition coefficient (Wildman–Crippen LogP) is 5.73. The molecular formula is C17H26Cl3F3N2. The number of rotatable bonds is 6. The molecule has 0 unspecified atom stereocenters. The Kier molecular flexibility index (Phi) is 11.4. The molecule has 0 spiro atoms. The maximum atomic E-state index is 13.1. The third-order valence-corrected chi connectivity index (χ3v) is 4.79. The quantitative estimate of drug-likeness (QED) is 0.590. The molecule has 0 radical (unpaired) electrons. The second kappa shape index (κ2) is 11.5. The van der Waals surface area contributed by atoms with Gasteiger partial charge in [0.05, 0.1) is 10.6 Å². The first kappa shape index (κ1) is 24.8. The SMILES string of the molecule is CCCCC[C@@H](c1cccc(C(F)(F)F)c1Cl)N1CCNCC1.Cl.Cl. The number of benzene rings is 1. The first-order valence-electron chi connectivity index (χ1n) is 8.25. The van der Waals surface area contributed by atoms with E-state index in [4.69, 9.17) is 11.6 Å². The number of nitrogens with one attached hydrogen (secondary N) is 1. The lowest BCUT2D eigenvalue weighted by atomic mass is 9.96. The van der Waals surface area contributed by atoms with Gasteiger partial charge in [0.15, 0.2) is 0 Å². The van der Waals surface area contributed by atoms with E-state index in [0.29, 0.717) is 5.56 Å². The van der Waals surface area contributed by atoms with Gasteiger partial charge in [-0.05, 0) is 18.1 Å². The smallest absolute Gasteiger partial charge is 0.314 e. The maximum absolute atomic E-state index is 13.1. The van der Waals surface area contributed by atoms with Crippen LogP contribution in [-0.2, 0) is 6.18 Å². The minimum atomic E-state index is -4.41. The van der Waals surface area contributed by atoms with Gasteiger partial charge in [-0.1, -0.05) is 49.9 Å². The summed E-state index contributed by atoms with van der Waals surface area (Å²) in [4.78, 5) is 2.26. The normalized spacial score (nSPS) is 16.7. The Morgan fingerprint density at radius 3 is 2.36 bits per heavy atom. The summed E-state index contributed by atoms with van der Waals surface area (Å²) in [5.74, 6) is 0. The average Bonchev–Trinajstić information content (AvgIpc) is 2.52. The fraction of sp³-hybridized carbons (Fsp3) is 0.647. The Hall–Kier alpha value is -0.200. The van der Waals surface area contributed by atoms with Crippen molar-refractivity contribution in [2.24, 2.45) is 0 Å². The summed E-state index contributed by atoms with van der Waals surface area (Å²) in [6.07, 6.45) is -0.402. The van der Waals surface area contributed by atoms with E-state index in [9.17, 15) is 13.2 Å². The zero-order chi connectivity index (χ0) is 16.9. The highest BCUT2D eigenvalue weighted by molar-refractivity contribution is 6.32. The van der Waals surface area contributed by atoms with Gasteiger partial charge in [-0.3, -0.25) is 4.90 Å². The molecule has 1 heterocycles. The molecule has 1 aromatic carbocycles. The Labute approximate surface area is 165 Å². The molecule has 1 aromatic rings. The Morgan fingerprint density at radius 1 is 1.16 bits per heavy atom. The van der Waals surface area contributed by atoms with Crippen molar-refractivity contribution >= 4 is 36.4 Å². The Bertz CT molecular complexity index is 506. The summed E-state index contributed by atoms with van der Waals surface area (Å²) in [5, 5.41) is 3.15. The highest BCUT2D eigenvalue weighted by Crippen LogP contribution is 2.40. The minimum absolute atomic E-state index is 0. The lowest BCUT2D eigenvalue weighted by molar-refractivity contribution is -0.137. The van der Waals surface area contributed by atoms with Crippen molar-refractivity contribution < 1.29 is 13.2 Å². The molecule has 1 aliphatic heterocycles. The van der Waals surface area contributed by atoms with Crippen molar-refractivity contribution in [3.8, 4) is 0 Å².